The maximum Gasteiger partial charge on any atom is 0.244 e. The second-order valence-corrected chi connectivity index (χ2v) is 11.0. The minimum atomic E-state index is -3.84. The molecule has 2 aromatic carbocycles. The van der Waals surface area contributed by atoms with Crippen molar-refractivity contribution in [1.82, 2.24) is 9.21 Å². The van der Waals surface area contributed by atoms with E-state index in [1.54, 1.807) is 13.2 Å². The molecule has 0 spiro atoms. The Labute approximate surface area is 204 Å². The first kappa shape index (κ1) is 24.1. The van der Waals surface area contributed by atoms with Crippen molar-refractivity contribution in [3.63, 3.8) is 0 Å². The molecule has 0 aromatic heterocycles. The highest BCUT2D eigenvalue weighted by Gasteiger charge is 2.36. The molecule has 1 atom stereocenters. The van der Waals surface area contributed by atoms with Crippen LogP contribution in [0.4, 0.5) is 5.69 Å². The van der Waals surface area contributed by atoms with E-state index in [2.05, 4.69) is 4.90 Å². The zero-order valence-electron chi connectivity index (χ0n) is 18.4. The number of rotatable bonds is 5. The van der Waals surface area contributed by atoms with Gasteiger partial charge in [0.2, 0.25) is 15.9 Å². The van der Waals surface area contributed by atoms with Crippen molar-refractivity contribution in [2.45, 2.75) is 17.7 Å². The van der Waals surface area contributed by atoms with Crippen molar-refractivity contribution >= 4 is 44.8 Å². The normalized spacial score (nSPS) is 20.0. The number of methoxy groups -OCH3 is 1. The molecule has 2 heterocycles. The van der Waals surface area contributed by atoms with Crippen LogP contribution in [0.25, 0.3) is 0 Å². The van der Waals surface area contributed by atoms with E-state index in [9.17, 15) is 13.2 Å². The molecule has 10 heteroatoms. The minimum absolute atomic E-state index is 0.0153. The van der Waals surface area contributed by atoms with Crippen LogP contribution in [0.3, 0.4) is 0 Å². The summed E-state index contributed by atoms with van der Waals surface area (Å²) in [4.78, 5) is 17.3. The highest BCUT2D eigenvalue weighted by atomic mass is 35.5. The number of amides is 1. The van der Waals surface area contributed by atoms with Gasteiger partial charge >= 0.3 is 0 Å². The Morgan fingerprint density at radius 3 is 2.36 bits per heavy atom. The lowest BCUT2D eigenvalue weighted by Gasteiger charge is -2.39. The SMILES string of the molecule is COc1ccc(N2CCN(C(=O)[C@H]3CCCN(S(=O)(=O)c4cc(Cl)ccc4Cl)C3)CC2)cc1. The Morgan fingerprint density at radius 2 is 1.70 bits per heavy atom. The second-order valence-electron chi connectivity index (χ2n) is 8.29. The Balaban J connectivity index is 1.39. The summed E-state index contributed by atoms with van der Waals surface area (Å²) in [5, 5.41) is 0.430. The third-order valence-corrected chi connectivity index (χ3v) is 8.86. The summed E-state index contributed by atoms with van der Waals surface area (Å²) in [7, 11) is -2.20. The molecule has 0 unspecified atom stereocenters. The lowest BCUT2D eigenvalue weighted by atomic mass is 9.97. The van der Waals surface area contributed by atoms with Crippen LogP contribution in [-0.4, -0.2) is 69.9 Å². The summed E-state index contributed by atoms with van der Waals surface area (Å²) in [6.07, 6.45) is 1.30. The van der Waals surface area contributed by atoms with Gasteiger partial charge in [0, 0.05) is 50.0 Å². The molecule has 0 radical (unpaired) electrons. The molecule has 4 rings (SSSR count). The molecular formula is C23H27Cl2N3O4S. The van der Waals surface area contributed by atoms with E-state index in [0.29, 0.717) is 37.5 Å². The molecule has 0 aliphatic carbocycles. The van der Waals surface area contributed by atoms with Gasteiger partial charge < -0.3 is 14.5 Å². The van der Waals surface area contributed by atoms with E-state index in [1.165, 1.54) is 16.4 Å². The number of halogens is 2. The number of ether oxygens (including phenoxy) is 1. The first-order valence-corrected chi connectivity index (χ1v) is 13.1. The lowest BCUT2D eigenvalue weighted by molar-refractivity contribution is -0.137. The summed E-state index contributed by atoms with van der Waals surface area (Å²) < 4.78 is 33.0. The molecule has 0 bridgehead atoms. The highest BCUT2D eigenvalue weighted by molar-refractivity contribution is 7.89. The van der Waals surface area contributed by atoms with Gasteiger partial charge in [-0.2, -0.15) is 4.31 Å². The molecule has 7 nitrogen and oxygen atoms in total. The number of benzene rings is 2. The fourth-order valence-electron chi connectivity index (χ4n) is 4.41. The monoisotopic (exact) mass is 511 g/mol. The molecule has 1 amide bonds. The second kappa shape index (κ2) is 10.1. The van der Waals surface area contributed by atoms with Crippen LogP contribution in [0.5, 0.6) is 5.75 Å². The lowest BCUT2D eigenvalue weighted by Crippen LogP contribution is -2.53. The van der Waals surface area contributed by atoms with Crippen molar-refractivity contribution in [2.75, 3.05) is 51.3 Å². The van der Waals surface area contributed by atoms with Gasteiger partial charge in [0.15, 0.2) is 0 Å². The number of carbonyl (C=O) groups excluding carboxylic acids is 1. The van der Waals surface area contributed by atoms with Crippen LogP contribution < -0.4 is 9.64 Å². The van der Waals surface area contributed by atoms with E-state index in [0.717, 1.165) is 24.5 Å². The van der Waals surface area contributed by atoms with Gasteiger partial charge in [0.05, 0.1) is 18.1 Å². The van der Waals surface area contributed by atoms with Crippen molar-refractivity contribution < 1.29 is 17.9 Å². The fraction of sp³-hybridized carbons (Fsp3) is 0.435. The number of carbonyl (C=O) groups is 1. The van der Waals surface area contributed by atoms with E-state index < -0.39 is 10.0 Å². The molecular weight excluding hydrogens is 485 g/mol. The third kappa shape index (κ3) is 5.24. The smallest absolute Gasteiger partial charge is 0.244 e. The Kier molecular flexibility index (Phi) is 7.38. The summed E-state index contributed by atoms with van der Waals surface area (Å²) in [5.74, 6) is 0.462. The van der Waals surface area contributed by atoms with E-state index in [-0.39, 0.29) is 28.3 Å². The van der Waals surface area contributed by atoms with E-state index in [1.807, 2.05) is 29.2 Å². The summed E-state index contributed by atoms with van der Waals surface area (Å²) in [5.41, 5.74) is 1.09. The van der Waals surface area contributed by atoms with Crippen LogP contribution in [0.1, 0.15) is 12.8 Å². The van der Waals surface area contributed by atoms with Crippen molar-refractivity contribution in [3.05, 3.63) is 52.5 Å². The Hall–Kier alpha value is -2.00. The van der Waals surface area contributed by atoms with Crippen LogP contribution in [-0.2, 0) is 14.8 Å². The zero-order chi connectivity index (χ0) is 23.6. The van der Waals surface area contributed by atoms with Gasteiger partial charge in [0.25, 0.3) is 0 Å². The predicted octanol–water partition coefficient (Wildman–Crippen LogP) is 3.75. The van der Waals surface area contributed by atoms with Crippen molar-refractivity contribution in [2.24, 2.45) is 5.92 Å². The third-order valence-electron chi connectivity index (χ3n) is 6.27. The largest absolute Gasteiger partial charge is 0.497 e. The van der Waals surface area contributed by atoms with Crippen LogP contribution in [0.15, 0.2) is 47.4 Å². The van der Waals surface area contributed by atoms with Gasteiger partial charge in [-0.1, -0.05) is 23.2 Å². The van der Waals surface area contributed by atoms with Gasteiger partial charge in [0.1, 0.15) is 10.6 Å². The van der Waals surface area contributed by atoms with Crippen LogP contribution >= 0.6 is 23.2 Å². The van der Waals surface area contributed by atoms with Crippen LogP contribution in [0.2, 0.25) is 10.0 Å². The molecule has 33 heavy (non-hydrogen) atoms. The first-order chi connectivity index (χ1) is 15.8. The van der Waals surface area contributed by atoms with E-state index >= 15 is 0 Å². The quantitative estimate of drug-likeness (QED) is 0.611. The number of piperidine rings is 1. The molecule has 2 fully saturated rings. The molecule has 178 valence electrons. The topological polar surface area (TPSA) is 70.2 Å². The van der Waals surface area contributed by atoms with E-state index in [4.69, 9.17) is 27.9 Å². The maximum atomic E-state index is 13.2. The summed E-state index contributed by atoms with van der Waals surface area (Å²) >= 11 is 12.2. The number of nitrogens with zero attached hydrogens (tertiary/aromatic N) is 3. The highest BCUT2D eigenvalue weighted by Crippen LogP contribution is 2.31. The van der Waals surface area contributed by atoms with Gasteiger partial charge in [-0.05, 0) is 55.3 Å². The van der Waals surface area contributed by atoms with Crippen molar-refractivity contribution in [1.29, 1.82) is 0 Å². The number of hydrogen-bond donors (Lipinski definition) is 0. The Morgan fingerprint density at radius 1 is 1.00 bits per heavy atom. The first-order valence-electron chi connectivity index (χ1n) is 10.9. The predicted molar refractivity (Wildman–Crippen MR) is 130 cm³/mol. The molecule has 0 saturated carbocycles. The molecule has 2 aliphatic heterocycles. The van der Waals surface area contributed by atoms with Crippen molar-refractivity contribution in [3.8, 4) is 5.75 Å². The number of hydrogen-bond acceptors (Lipinski definition) is 5. The number of anilines is 1. The molecule has 0 N–H and O–H groups in total. The average molecular weight is 512 g/mol. The maximum absolute atomic E-state index is 13.2. The summed E-state index contributed by atoms with van der Waals surface area (Å²) in [6, 6.07) is 12.3. The zero-order valence-corrected chi connectivity index (χ0v) is 20.7. The summed E-state index contributed by atoms with van der Waals surface area (Å²) in [6.45, 7) is 3.18. The fourth-order valence-corrected chi connectivity index (χ4v) is 6.67. The molecule has 2 aliphatic rings. The van der Waals surface area contributed by atoms with Gasteiger partial charge in [-0.25, -0.2) is 8.42 Å². The molecule has 2 saturated heterocycles. The number of piperazine rings is 1. The standard InChI is InChI=1S/C23H27Cl2N3O4S/c1-32-20-7-5-19(6-8-20)26-11-13-27(14-12-26)23(29)17-3-2-10-28(16-17)33(30,31)22-15-18(24)4-9-21(22)25/h4-9,15,17H,2-3,10-14,16H2,1H3/t17-/m0/s1. The van der Waals surface area contributed by atoms with Gasteiger partial charge in [-0.3, -0.25) is 4.79 Å². The molecule has 2 aromatic rings. The number of sulfonamides is 1. The average Bonchev–Trinajstić information content (AvgIpc) is 2.85. The van der Waals surface area contributed by atoms with Crippen LogP contribution in [0, 0.1) is 5.92 Å². The van der Waals surface area contributed by atoms with Gasteiger partial charge in [-0.15, -0.1) is 0 Å². The Bertz CT molecular complexity index is 1100. The minimum Gasteiger partial charge on any atom is -0.497 e.